The normalized spacial score (nSPS) is 16.0. The van der Waals surface area contributed by atoms with Crippen LogP contribution >= 0.6 is 0 Å². The zero-order valence-electron chi connectivity index (χ0n) is 9.09. The molecule has 1 fully saturated rings. The predicted octanol–water partition coefficient (Wildman–Crippen LogP) is 2.15. The van der Waals surface area contributed by atoms with Crippen LogP contribution in [-0.2, 0) is 6.54 Å². The Morgan fingerprint density at radius 1 is 1.27 bits per heavy atom. The summed E-state index contributed by atoms with van der Waals surface area (Å²) in [5.74, 6) is -0.135. The highest BCUT2D eigenvalue weighted by atomic mass is 19.1. The number of hydrogen-bond donors (Lipinski definition) is 1. The first kappa shape index (κ1) is 10.4. The Morgan fingerprint density at radius 2 is 2.00 bits per heavy atom. The maximum absolute atomic E-state index is 13.3. The summed E-state index contributed by atoms with van der Waals surface area (Å²) in [5.41, 5.74) is 2.04. The summed E-state index contributed by atoms with van der Waals surface area (Å²) in [4.78, 5) is 2.25. The third kappa shape index (κ3) is 2.48. The molecule has 0 spiro atoms. The van der Waals surface area contributed by atoms with Crippen molar-refractivity contribution in [3.05, 3.63) is 29.6 Å². The second-order valence-electron chi connectivity index (χ2n) is 4.04. The molecule has 15 heavy (non-hydrogen) atoms. The number of hydrogen-bond acceptors (Lipinski definition) is 2. The Labute approximate surface area is 90.1 Å². The first-order chi connectivity index (χ1) is 7.29. The molecule has 1 saturated heterocycles. The van der Waals surface area contributed by atoms with Crippen molar-refractivity contribution in [2.24, 2.45) is 0 Å². The van der Waals surface area contributed by atoms with Crippen molar-refractivity contribution >= 4 is 5.69 Å². The standard InChI is InChI=1S/C12H17FN2/c1-14-9-10-6-11(13)8-12(7-10)15-4-2-3-5-15/h6-8,14H,2-5,9H2,1H3. The van der Waals surface area contributed by atoms with E-state index in [1.165, 1.54) is 12.8 Å². The van der Waals surface area contributed by atoms with Gasteiger partial charge in [-0.2, -0.15) is 0 Å². The van der Waals surface area contributed by atoms with E-state index >= 15 is 0 Å². The zero-order valence-corrected chi connectivity index (χ0v) is 9.09. The van der Waals surface area contributed by atoms with Gasteiger partial charge in [-0.05, 0) is 43.7 Å². The molecule has 1 aromatic carbocycles. The van der Waals surface area contributed by atoms with E-state index in [1.807, 2.05) is 7.05 Å². The van der Waals surface area contributed by atoms with E-state index in [4.69, 9.17) is 0 Å². The molecule has 1 N–H and O–H groups in total. The molecule has 1 aromatic rings. The fourth-order valence-corrected chi connectivity index (χ4v) is 2.10. The Hall–Kier alpha value is -1.09. The van der Waals surface area contributed by atoms with Crippen LogP contribution in [0, 0.1) is 5.82 Å². The second-order valence-corrected chi connectivity index (χ2v) is 4.04. The Balaban J connectivity index is 2.22. The molecule has 2 nitrogen and oxygen atoms in total. The molecule has 1 heterocycles. The SMILES string of the molecule is CNCc1cc(F)cc(N2CCCC2)c1. The number of halogens is 1. The van der Waals surface area contributed by atoms with E-state index in [0.29, 0.717) is 0 Å². The monoisotopic (exact) mass is 208 g/mol. The van der Waals surface area contributed by atoms with Gasteiger partial charge >= 0.3 is 0 Å². The largest absolute Gasteiger partial charge is 0.371 e. The molecule has 0 aliphatic carbocycles. The van der Waals surface area contributed by atoms with Crippen molar-refractivity contribution in [2.75, 3.05) is 25.0 Å². The second kappa shape index (κ2) is 4.62. The molecular formula is C12H17FN2. The van der Waals surface area contributed by atoms with Crippen molar-refractivity contribution in [1.82, 2.24) is 5.32 Å². The molecule has 1 aliphatic heterocycles. The highest BCUT2D eigenvalue weighted by Crippen LogP contribution is 2.22. The summed E-state index contributed by atoms with van der Waals surface area (Å²) in [5, 5.41) is 3.04. The summed E-state index contributed by atoms with van der Waals surface area (Å²) in [6.07, 6.45) is 2.44. The van der Waals surface area contributed by atoms with Crippen molar-refractivity contribution in [2.45, 2.75) is 19.4 Å². The van der Waals surface area contributed by atoms with Crippen LogP contribution in [0.3, 0.4) is 0 Å². The van der Waals surface area contributed by atoms with Crippen LogP contribution in [-0.4, -0.2) is 20.1 Å². The lowest BCUT2D eigenvalue weighted by Gasteiger charge is -2.18. The van der Waals surface area contributed by atoms with Crippen LogP contribution < -0.4 is 10.2 Å². The van der Waals surface area contributed by atoms with E-state index in [2.05, 4.69) is 16.3 Å². The minimum atomic E-state index is -0.135. The van der Waals surface area contributed by atoms with Gasteiger partial charge in [0.05, 0.1) is 0 Å². The zero-order chi connectivity index (χ0) is 10.7. The quantitative estimate of drug-likeness (QED) is 0.818. The molecule has 0 amide bonds. The maximum Gasteiger partial charge on any atom is 0.125 e. The minimum Gasteiger partial charge on any atom is -0.371 e. The summed E-state index contributed by atoms with van der Waals surface area (Å²) in [7, 11) is 1.88. The van der Waals surface area contributed by atoms with Gasteiger partial charge in [-0.25, -0.2) is 4.39 Å². The Kier molecular flexibility index (Phi) is 3.21. The molecule has 0 unspecified atom stereocenters. The van der Waals surface area contributed by atoms with E-state index in [0.717, 1.165) is 30.9 Å². The molecule has 0 aromatic heterocycles. The molecular weight excluding hydrogens is 191 g/mol. The topological polar surface area (TPSA) is 15.3 Å². The summed E-state index contributed by atoms with van der Waals surface area (Å²) < 4.78 is 13.3. The Bertz CT molecular complexity index is 332. The highest BCUT2D eigenvalue weighted by Gasteiger charge is 2.13. The van der Waals surface area contributed by atoms with Crippen molar-refractivity contribution < 1.29 is 4.39 Å². The average molecular weight is 208 g/mol. The predicted molar refractivity (Wildman–Crippen MR) is 60.6 cm³/mol. The van der Waals surface area contributed by atoms with E-state index in [9.17, 15) is 4.39 Å². The van der Waals surface area contributed by atoms with Crippen LogP contribution in [0.4, 0.5) is 10.1 Å². The van der Waals surface area contributed by atoms with Gasteiger partial charge in [-0.15, -0.1) is 0 Å². The van der Waals surface area contributed by atoms with Gasteiger partial charge < -0.3 is 10.2 Å². The van der Waals surface area contributed by atoms with Crippen LogP contribution in [0.5, 0.6) is 0 Å². The molecule has 1 aliphatic rings. The van der Waals surface area contributed by atoms with E-state index < -0.39 is 0 Å². The van der Waals surface area contributed by atoms with Crippen LogP contribution in [0.1, 0.15) is 18.4 Å². The van der Waals surface area contributed by atoms with E-state index in [1.54, 1.807) is 12.1 Å². The third-order valence-corrected chi connectivity index (χ3v) is 2.79. The van der Waals surface area contributed by atoms with Crippen LogP contribution in [0.25, 0.3) is 0 Å². The first-order valence-corrected chi connectivity index (χ1v) is 5.48. The number of rotatable bonds is 3. The van der Waals surface area contributed by atoms with Gasteiger partial charge in [-0.1, -0.05) is 0 Å². The van der Waals surface area contributed by atoms with Gasteiger partial charge in [0.15, 0.2) is 0 Å². The lowest BCUT2D eigenvalue weighted by Crippen LogP contribution is -2.18. The highest BCUT2D eigenvalue weighted by molar-refractivity contribution is 5.49. The number of anilines is 1. The summed E-state index contributed by atoms with van der Waals surface area (Å²) in [6, 6.07) is 5.30. The molecule has 3 heteroatoms. The lowest BCUT2D eigenvalue weighted by atomic mass is 10.2. The van der Waals surface area contributed by atoms with Gasteiger partial charge in [0.25, 0.3) is 0 Å². The summed E-state index contributed by atoms with van der Waals surface area (Å²) in [6.45, 7) is 2.84. The third-order valence-electron chi connectivity index (χ3n) is 2.79. The number of nitrogens with one attached hydrogen (secondary N) is 1. The number of benzene rings is 1. The van der Waals surface area contributed by atoms with Gasteiger partial charge in [0.2, 0.25) is 0 Å². The van der Waals surface area contributed by atoms with Crippen molar-refractivity contribution in [1.29, 1.82) is 0 Å². The fourth-order valence-electron chi connectivity index (χ4n) is 2.10. The molecule has 0 atom stereocenters. The van der Waals surface area contributed by atoms with Crippen molar-refractivity contribution in [3.63, 3.8) is 0 Å². The van der Waals surface area contributed by atoms with Gasteiger partial charge in [-0.3, -0.25) is 0 Å². The van der Waals surface area contributed by atoms with Gasteiger partial charge in [0.1, 0.15) is 5.82 Å². The van der Waals surface area contributed by atoms with Crippen LogP contribution in [0.15, 0.2) is 18.2 Å². The first-order valence-electron chi connectivity index (χ1n) is 5.48. The Morgan fingerprint density at radius 3 is 2.67 bits per heavy atom. The van der Waals surface area contributed by atoms with E-state index in [-0.39, 0.29) is 5.82 Å². The summed E-state index contributed by atoms with van der Waals surface area (Å²) >= 11 is 0. The fraction of sp³-hybridized carbons (Fsp3) is 0.500. The minimum absolute atomic E-state index is 0.135. The lowest BCUT2D eigenvalue weighted by molar-refractivity contribution is 0.623. The van der Waals surface area contributed by atoms with Crippen LogP contribution in [0.2, 0.25) is 0 Å². The molecule has 0 saturated carbocycles. The molecule has 2 rings (SSSR count). The molecule has 0 radical (unpaired) electrons. The van der Waals surface area contributed by atoms with Gasteiger partial charge in [0, 0.05) is 25.3 Å². The van der Waals surface area contributed by atoms with Crippen molar-refractivity contribution in [3.8, 4) is 0 Å². The average Bonchev–Trinajstić information content (AvgIpc) is 2.70. The smallest absolute Gasteiger partial charge is 0.125 e. The number of nitrogens with zero attached hydrogens (tertiary/aromatic N) is 1. The maximum atomic E-state index is 13.3. The molecule has 0 bridgehead atoms. The molecule has 82 valence electrons.